The molecule has 4 aromatic carbocycles. The van der Waals surface area contributed by atoms with Crippen molar-refractivity contribution in [1.29, 1.82) is 0 Å². The molecule has 4 unspecified atom stereocenters. The van der Waals surface area contributed by atoms with Gasteiger partial charge in [0.25, 0.3) is 0 Å². The molecule has 0 amide bonds. The van der Waals surface area contributed by atoms with Crippen LogP contribution in [0, 0.1) is 13.8 Å². The minimum absolute atomic E-state index is 0.0381. The molecule has 4 aromatic rings. The number of hydrogen-bond acceptors (Lipinski definition) is 7. The van der Waals surface area contributed by atoms with Gasteiger partial charge in [0.1, 0.15) is 40.5 Å². The number of rotatable bonds is 28. The van der Waals surface area contributed by atoms with E-state index in [0.717, 1.165) is 115 Å². The van der Waals surface area contributed by atoms with E-state index >= 15 is 0 Å². The van der Waals surface area contributed by atoms with Crippen molar-refractivity contribution in [2.45, 2.75) is 221 Å². The molecule has 7 nitrogen and oxygen atoms in total. The fourth-order valence-electron chi connectivity index (χ4n) is 8.87. The summed E-state index contributed by atoms with van der Waals surface area (Å²) in [6, 6.07) is 20.7. The summed E-state index contributed by atoms with van der Waals surface area (Å²) in [5.41, 5.74) is 6.76. The molecule has 0 radical (unpaired) electrons. The monoisotopic (exact) mass is 987 g/mol. The molecule has 4 rings (SSSR count). The lowest BCUT2D eigenvalue weighted by Crippen LogP contribution is -2.32. The second-order valence-corrected chi connectivity index (χ2v) is 24.2. The molecule has 384 valence electrons. The maximum absolute atomic E-state index is 7.71. The maximum Gasteiger partial charge on any atom is 0.162 e. The van der Waals surface area contributed by atoms with Crippen molar-refractivity contribution in [1.82, 2.24) is 0 Å². The van der Waals surface area contributed by atoms with Crippen LogP contribution < -0.4 is 32.7 Å². The van der Waals surface area contributed by atoms with Crippen molar-refractivity contribution in [3.63, 3.8) is 0 Å². The van der Waals surface area contributed by atoms with E-state index in [1.54, 1.807) is 14.2 Å². The molecule has 0 fully saturated rings. The highest BCUT2D eigenvalue weighted by Crippen LogP contribution is 2.58. The predicted octanol–water partition coefficient (Wildman–Crippen LogP) is 18.5. The molecule has 0 saturated heterocycles. The second-order valence-electron chi connectivity index (χ2n) is 21.6. The zero-order valence-electron chi connectivity index (χ0n) is 46.7. The van der Waals surface area contributed by atoms with E-state index in [1.807, 2.05) is 48.5 Å². The standard InChI is InChI=1S/C60H92O7P2/c1-21-37-59(27-7,64-48-35-31-29-33-46(48)61-19)68-66-53-44(56(13,14)24-4)39-43(55(11,12)23-3)41(9)51(53)52-42(10)50(63-58(17,18)26-6)40-45(57(15,16)25-5)54(52)67-69-60(28-8,38-22-2)65-49-36-32-30-34-47(49)62-20/h29-36,39-40,68-69H,21-28,37-38H2,1-20H3. The SMILES string of the molecule is CCCC(CC)(Oc1ccccc1OC)POc1c(C(C)(C)CC)cc(OC(C)(C)CC)c(C)c1-c1c(C)c(C(C)(C)CC)cc(C(C)(C)CC)c1OPC(CC)(CCC)Oc1ccccc1OC. The molecule has 0 N–H and O–H groups in total. The van der Waals surface area contributed by atoms with E-state index < -0.39 is 16.3 Å². The third-order valence-electron chi connectivity index (χ3n) is 15.2. The summed E-state index contributed by atoms with van der Waals surface area (Å²) in [6.07, 6.45) is 8.56. The van der Waals surface area contributed by atoms with Gasteiger partial charge in [0.05, 0.1) is 14.2 Å². The van der Waals surface area contributed by atoms with E-state index in [4.69, 9.17) is 32.7 Å². The fourth-order valence-corrected chi connectivity index (χ4v) is 11.2. The molecule has 0 heterocycles. The highest BCUT2D eigenvalue weighted by molar-refractivity contribution is 7.34. The van der Waals surface area contributed by atoms with Crippen molar-refractivity contribution in [3.8, 4) is 51.4 Å². The molecule has 0 saturated carbocycles. The molecule has 0 aromatic heterocycles. The van der Waals surface area contributed by atoms with Crippen LogP contribution in [0.25, 0.3) is 11.1 Å². The van der Waals surface area contributed by atoms with Gasteiger partial charge in [-0.2, -0.15) is 0 Å². The van der Waals surface area contributed by atoms with Crippen LogP contribution in [0.2, 0.25) is 0 Å². The number of hydrogen-bond donors (Lipinski definition) is 0. The lowest BCUT2D eigenvalue weighted by atomic mass is 9.71. The van der Waals surface area contributed by atoms with Crippen LogP contribution in [0.15, 0.2) is 60.7 Å². The quantitative estimate of drug-likeness (QED) is 0.0525. The first kappa shape index (κ1) is 57.9. The topological polar surface area (TPSA) is 64.6 Å². The van der Waals surface area contributed by atoms with Crippen molar-refractivity contribution < 1.29 is 32.7 Å². The van der Waals surface area contributed by atoms with Gasteiger partial charge < -0.3 is 32.7 Å². The number of ether oxygens (including phenoxy) is 5. The number of methoxy groups -OCH3 is 2. The van der Waals surface area contributed by atoms with E-state index in [2.05, 4.69) is 137 Å². The van der Waals surface area contributed by atoms with Crippen LogP contribution in [-0.4, -0.2) is 30.5 Å². The Morgan fingerprint density at radius 2 is 0.797 bits per heavy atom. The molecule has 0 aliphatic carbocycles. The van der Waals surface area contributed by atoms with Gasteiger partial charge in [0, 0.05) is 27.8 Å². The molecule has 0 aliphatic rings. The summed E-state index contributed by atoms with van der Waals surface area (Å²) in [4.78, 5) is 0. The Morgan fingerprint density at radius 1 is 0.420 bits per heavy atom. The van der Waals surface area contributed by atoms with Gasteiger partial charge >= 0.3 is 0 Å². The van der Waals surface area contributed by atoms with Crippen LogP contribution in [0.4, 0.5) is 0 Å². The predicted molar refractivity (Wildman–Crippen MR) is 297 cm³/mol. The molecule has 9 heteroatoms. The lowest BCUT2D eigenvalue weighted by Gasteiger charge is -2.39. The molecule has 0 spiro atoms. The van der Waals surface area contributed by atoms with Crippen molar-refractivity contribution in [2.24, 2.45) is 0 Å². The third-order valence-corrected chi connectivity index (χ3v) is 18.0. The van der Waals surface area contributed by atoms with Crippen LogP contribution in [0.5, 0.6) is 40.2 Å². The normalized spacial score (nSPS) is 14.5. The minimum atomic E-state index is -0.630. The molecule has 69 heavy (non-hydrogen) atoms. The van der Waals surface area contributed by atoms with Crippen molar-refractivity contribution in [3.05, 3.63) is 88.5 Å². The van der Waals surface area contributed by atoms with Crippen molar-refractivity contribution in [2.75, 3.05) is 14.2 Å². The molecule has 0 bridgehead atoms. The van der Waals surface area contributed by atoms with Gasteiger partial charge in [-0.25, -0.2) is 0 Å². The summed E-state index contributed by atoms with van der Waals surface area (Å²) in [5.74, 6) is 5.47. The average molecular weight is 987 g/mol. The molecule has 0 aliphatic heterocycles. The first-order valence-corrected chi connectivity index (χ1v) is 27.9. The summed E-state index contributed by atoms with van der Waals surface area (Å²) in [7, 11) is 3.32. The van der Waals surface area contributed by atoms with E-state index in [9.17, 15) is 0 Å². The zero-order chi connectivity index (χ0) is 51.6. The highest BCUT2D eigenvalue weighted by Gasteiger charge is 2.41. The Kier molecular flexibility index (Phi) is 20.3. The number of para-hydroxylation sites is 4. The molecular formula is C60H92O7P2. The van der Waals surface area contributed by atoms with Crippen molar-refractivity contribution >= 4 is 17.6 Å². The first-order chi connectivity index (χ1) is 32.5. The third kappa shape index (κ3) is 13.3. The average Bonchev–Trinajstić information content (AvgIpc) is 3.33. The van der Waals surface area contributed by atoms with Gasteiger partial charge in [0.15, 0.2) is 33.7 Å². The van der Waals surface area contributed by atoms with Crippen LogP contribution >= 0.6 is 17.6 Å². The molecular weight excluding hydrogens is 895 g/mol. The van der Waals surface area contributed by atoms with E-state index in [1.165, 1.54) is 16.7 Å². The van der Waals surface area contributed by atoms with E-state index in [-0.39, 0.29) is 33.9 Å². The first-order valence-electron chi connectivity index (χ1n) is 26.1. The fraction of sp³-hybridized carbons (Fsp3) is 0.600. The van der Waals surface area contributed by atoms with Crippen LogP contribution in [0.1, 0.15) is 203 Å². The Hall–Kier alpha value is -3.66. The summed E-state index contributed by atoms with van der Waals surface area (Å²) in [5, 5.41) is -1.25. The Morgan fingerprint density at radius 3 is 1.16 bits per heavy atom. The Labute approximate surface area is 424 Å². The summed E-state index contributed by atoms with van der Waals surface area (Å²) < 4.78 is 48.6. The molecule has 4 atom stereocenters. The lowest BCUT2D eigenvalue weighted by molar-refractivity contribution is 0.104. The number of benzene rings is 4. The van der Waals surface area contributed by atoms with Crippen LogP contribution in [0.3, 0.4) is 0 Å². The van der Waals surface area contributed by atoms with Gasteiger partial charge in [-0.15, -0.1) is 0 Å². The largest absolute Gasteiger partial charge is 0.493 e. The van der Waals surface area contributed by atoms with Crippen LogP contribution in [-0.2, 0) is 16.2 Å². The summed E-state index contributed by atoms with van der Waals surface area (Å²) >= 11 is 0. The van der Waals surface area contributed by atoms with Gasteiger partial charge in [-0.05, 0) is 137 Å². The minimum Gasteiger partial charge on any atom is -0.493 e. The highest BCUT2D eigenvalue weighted by atomic mass is 31.1. The zero-order valence-corrected chi connectivity index (χ0v) is 48.7. The van der Waals surface area contributed by atoms with Gasteiger partial charge in [-0.1, -0.05) is 140 Å². The smallest absolute Gasteiger partial charge is 0.162 e. The maximum atomic E-state index is 7.71. The second kappa shape index (κ2) is 24.2. The van der Waals surface area contributed by atoms with Gasteiger partial charge in [-0.3, -0.25) is 0 Å². The summed E-state index contributed by atoms with van der Waals surface area (Å²) in [6.45, 7) is 41.0. The van der Waals surface area contributed by atoms with Gasteiger partial charge in [0.2, 0.25) is 0 Å². The Balaban J connectivity index is 2.27. The Bertz CT molecular complexity index is 2300. The van der Waals surface area contributed by atoms with E-state index in [0.29, 0.717) is 11.5 Å².